The van der Waals surface area contributed by atoms with Gasteiger partial charge in [0.15, 0.2) is 0 Å². The lowest BCUT2D eigenvalue weighted by Gasteiger charge is -2.40. The number of hydrogen-bond donors (Lipinski definition) is 3. The number of benzene rings is 1. The smallest absolute Gasteiger partial charge is 0.222 e. The van der Waals surface area contributed by atoms with Crippen LogP contribution in [0.15, 0.2) is 24.3 Å². The minimum Gasteiger partial charge on any atom is -0.394 e. The third kappa shape index (κ3) is 2.78. The average molecular weight is 286 g/mol. The number of fused-ring (bicyclic) bond motifs is 1. The van der Waals surface area contributed by atoms with E-state index in [0.29, 0.717) is 5.92 Å². The molecule has 0 bridgehead atoms. The van der Waals surface area contributed by atoms with Crippen LogP contribution in [0.2, 0.25) is 0 Å². The molecule has 0 spiro atoms. The molecule has 2 unspecified atom stereocenters. The van der Waals surface area contributed by atoms with E-state index in [1.807, 2.05) is 24.3 Å². The molecule has 1 heterocycles. The molecular formula is C16H22N4O. The number of aromatic nitrogens is 2. The number of aliphatic hydroxyl groups is 1. The van der Waals surface area contributed by atoms with Gasteiger partial charge >= 0.3 is 0 Å². The molecule has 1 aliphatic carbocycles. The summed E-state index contributed by atoms with van der Waals surface area (Å²) < 4.78 is 0. The van der Waals surface area contributed by atoms with Gasteiger partial charge in [-0.3, -0.25) is 0 Å². The molecule has 0 aliphatic heterocycles. The zero-order chi connectivity index (χ0) is 14.9. The molecule has 1 aliphatic rings. The first kappa shape index (κ1) is 14.1. The van der Waals surface area contributed by atoms with Crippen LogP contribution in [0.25, 0.3) is 10.9 Å². The molecule has 3 rings (SSSR count). The number of nitrogens with two attached hydrogens (primary N) is 1. The van der Waals surface area contributed by atoms with Gasteiger partial charge in [0.25, 0.3) is 0 Å². The van der Waals surface area contributed by atoms with Crippen LogP contribution in [-0.2, 0) is 0 Å². The molecule has 5 nitrogen and oxygen atoms in total. The van der Waals surface area contributed by atoms with Crippen molar-refractivity contribution in [2.45, 2.75) is 38.1 Å². The fourth-order valence-corrected chi connectivity index (χ4v) is 3.40. The highest BCUT2D eigenvalue weighted by molar-refractivity contribution is 5.90. The second-order valence-corrected chi connectivity index (χ2v) is 6.21. The molecule has 1 saturated carbocycles. The molecule has 0 radical (unpaired) electrons. The van der Waals surface area contributed by atoms with Gasteiger partial charge in [0.1, 0.15) is 5.82 Å². The normalized spacial score (nSPS) is 25.9. The van der Waals surface area contributed by atoms with E-state index in [-0.39, 0.29) is 18.1 Å². The highest BCUT2D eigenvalue weighted by atomic mass is 16.3. The highest BCUT2D eigenvalue weighted by Crippen LogP contribution is 2.35. The summed E-state index contributed by atoms with van der Waals surface area (Å²) in [6, 6.07) is 7.80. The van der Waals surface area contributed by atoms with E-state index < -0.39 is 0 Å². The highest BCUT2D eigenvalue weighted by Gasteiger charge is 2.35. The van der Waals surface area contributed by atoms with Crippen LogP contribution in [0.4, 0.5) is 11.8 Å². The predicted octanol–water partition coefficient (Wildman–Crippen LogP) is 2.57. The molecule has 112 valence electrons. The Labute approximate surface area is 124 Å². The minimum atomic E-state index is -0.304. The number of aliphatic hydroxyl groups excluding tert-OH is 1. The average Bonchev–Trinajstić information content (AvgIpc) is 2.47. The number of nitrogens with one attached hydrogen (secondary N) is 1. The maximum atomic E-state index is 9.92. The molecule has 2 atom stereocenters. The molecule has 1 fully saturated rings. The summed E-state index contributed by atoms with van der Waals surface area (Å²) in [6.45, 7) is 2.34. The van der Waals surface area contributed by atoms with Gasteiger partial charge in [0, 0.05) is 5.39 Å². The lowest BCUT2D eigenvalue weighted by Crippen LogP contribution is -2.46. The maximum absolute atomic E-state index is 9.92. The molecule has 2 aromatic rings. The van der Waals surface area contributed by atoms with E-state index in [1.54, 1.807) is 0 Å². The molecule has 21 heavy (non-hydrogen) atoms. The van der Waals surface area contributed by atoms with E-state index in [4.69, 9.17) is 5.73 Å². The Morgan fingerprint density at radius 3 is 2.95 bits per heavy atom. The molecule has 1 aromatic heterocycles. The Balaban J connectivity index is 2.00. The first-order chi connectivity index (χ1) is 10.1. The number of nitrogens with zero attached hydrogens (tertiary/aromatic N) is 2. The summed E-state index contributed by atoms with van der Waals surface area (Å²) in [4.78, 5) is 8.61. The third-order valence-electron chi connectivity index (χ3n) is 4.40. The Morgan fingerprint density at radius 2 is 2.19 bits per heavy atom. The van der Waals surface area contributed by atoms with E-state index in [1.165, 1.54) is 6.42 Å². The van der Waals surface area contributed by atoms with Crippen molar-refractivity contribution in [3.8, 4) is 0 Å². The van der Waals surface area contributed by atoms with Gasteiger partial charge in [0.05, 0.1) is 17.7 Å². The summed E-state index contributed by atoms with van der Waals surface area (Å²) in [5.74, 6) is 1.58. The van der Waals surface area contributed by atoms with Crippen molar-refractivity contribution in [1.82, 2.24) is 9.97 Å². The first-order valence-electron chi connectivity index (χ1n) is 7.53. The Bertz CT molecular complexity index is 645. The van der Waals surface area contributed by atoms with Crippen LogP contribution >= 0.6 is 0 Å². The van der Waals surface area contributed by atoms with Gasteiger partial charge in [-0.25, -0.2) is 4.98 Å². The monoisotopic (exact) mass is 286 g/mol. The van der Waals surface area contributed by atoms with Crippen molar-refractivity contribution < 1.29 is 5.11 Å². The van der Waals surface area contributed by atoms with Crippen molar-refractivity contribution in [3.05, 3.63) is 24.3 Å². The van der Waals surface area contributed by atoms with Gasteiger partial charge in [-0.1, -0.05) is 31.9 Å². The second-order valence-electron chi connectivity index (χ2n) is 6.21. The van der Waals surface area contributed by atoms with Gasteiger partial charge in [-0.05, 0) is 30.9 Å². The maximum Gasteiger partial charge on any atom is 0.222 e. The van der Waals surface area contributed by atoms with Crippen LogP contribution in [0.5, 0.6) is 0 Å². The van der Waals surface area contributed by atoms with Crippen LogP contribution in [0, 0.1) is 5.92 Å². The van der Waals surface area contributed by atoms with Gasteiger partial charge in [0.2, 0.25) is 5.95 Å². The lowest BCUT2D eigenvalue weighted by atomic mass is 9.77. The molecular weight excluding hydrogens is 264 g/mol. The molecule has 0 amide bonds. The topological polar surface area (TPSA) is 84.1 Å². The number of hydrogen-bond acceptors (Lipinski definition) is 5. The van der Waals surface area contributed by atoms with E-state index in [2.05, 4.69) is 22.2 Å². The Morgan fingerprint density at radius 1 is 1.38 bits per heavy atom. The largest absolute Gasteiger partial charge is 0.394 e. The Hall–Kier alpha value is -1.88. The summed E-state index contributed by atoms with van der Waals surface area (Å²) in [5, 5.41) is 14.3. The summed E-state index contributed by atoms with van der Waals surface area (Å²) >= 11 is 0. The van der Waals surface area contributed by atoms with E-state index >= 15 is 0 Å². The van der Waals surface area contributed by atoms with Gasteiger partial charge in [-0.2, -0.15) is 4.98 Å². The fourth-order valence-electron chi connectivity index (χ4n) is 3.40. The SMILES string of the molecule is CC1CCCC(CO)(Nc2nc(N)nc3ccccc23)C1. The van der Waals surface area contributed by atoms with Crippen LogP contribution in [-0.4, -0.2) is 27.2 Å². The first-order valence-corrected chi connectivity index (χ1v) is 7.53. The van der Waals surface area contributed by atoms with Crippen LogP contribution in [0.3, 0.4) is 0 Å². The van der Waals surface area contributed by atoms with Crippen molar-refractivity contribution in [2.24, 2.45) is 5.92 Å². The van der Waals surface area contributed by atoms with Crippen molar-refractivity contribution in [1.29, 1.82) is 0 Å². The number of anilines is 2. The van der Waals surface area contributed by atoms with Gasteiger partial charge in [-0.15, -0.1) is 0 Å². The number of rotatable bonds is 3. The number of nitrogen functional groups attached to an aromatic ring is 1. The molecule has 0 saturated heterocycles. The lowest BCUT2D eigenvalue weighted by molar-refractivity contribution is 0.149. The van der Waals surface area contributed by atoms with Crippen LogP contribution < -0.4 is 11.1 Å². The quantitative estimate of drug-likeness (QED) is 0.807. The second kappa shape index (κ2) is 5.48. The van der Waals surface area contributed by atoms with Crippen LogP contribution in [0.1, 0.15) is 32.6 Å². The van der Waals surface area contributed by atoms with Crippen molar-refractivity contribution in [2.75, 3.05) is 17.7 Å². The van der Waals surface area contributed by atoms with Crippen molar-refractivity contribution >= 4 is 22.7 Å². The third-order valence-corrected chi connectivity index (χ3v) is 4.40. The standard InChI is InChI=1S/C16H22N4O/c1-11-5-4-8-16(9-11,10-21)20-14-12-6-2-3-7-13(12)18-15(17)19-14/h2-3,6-7,11,21H,4-5,8-10H2,1H3,(H3,17,18,19,20). The molecule has 5 heteroatoms. The molecule has 4 N–H and O–H groups in total. The van der Waals surface area contributed by atoms with E-state index in [9.17, 15) is 5.11 Å². The summed E-state index contributed by atoms with van der Waals surface area (Å²) in [7, 11) is 0. The Kier molecular flexibility index (Phi) is 3.68. The van der Waals surface area contributed by atoms with E-state index in [0.717, 1.165) is 36.0 Å². The van der Waals surface area contributed by atoms with Crippen molar-refractivity contribution in [3.63, 3.8) is 0 Å². The molecule has 1 aromatic carbocycles. The summed E-state index contributed by atoms with van der Waals surface area (Å²) in [6.07, 6.45) is 4.23. The fraction of sp³-hybridized carbons (Fsp3) is 0.500. The van der Waals surface area contributed by atoms with Gasteiger partial charge < -0.3 is 16.2 Å². The summed E-state index contributed by atoms with van der Waals surface area (Å²) in [5.41, 5.74) is 6.34. The number of para-hydroxylation sites is 1. The zero-order valence-corrected chi connectivity index (χ0v) is 12.3. The predicted molar refractivity (Wildman–Crippen MR) is 85.0 cm³/mol. The zero-order valence-electron chi connectivity index (χ0n) is 12.3. The minimum absolute atomic E-state index is 0.107.